The Hall–Kier alpha value is -1.06. The van der Waals surface area contributed by atoms with Gasteiger partial charge in [0.05, 0.1) is 18.8 Å². The van der Waals surface area contributed by atoms with E-state index in [0.29, 0.717) is 18.8 Å². The molecule has 0 saturated heterocycles. The molecule has 1 aliphatic rings. The molecule has 0 aromatic heterocycles. The molecule has 3 nitrogen and oxygen atoms in total. The lowest BCUT2D eigenvalue weighted by Crippen LogP contribution is -2.16. The van der Waals surface area contributed by atoms with Crippen LogP contribution in [-0.4, -0.2) is 10.2 Å². The normalized spacial score (nSPS) is 15.6. The van der Waals surface area contributed by atoms with Crippen LogP contribution in [0.3, 0.4) is 0 Å². The summed E-state index contributed by atoms with van der Waals surface area (Å²) in [5.74, 6) is 0.141. The molecular weight excluding hydrogens is 180 g/mol. The Morgan fingerprint density at radius 3 is 2.36 bits per heavy atom. The molecule has 1 aromatic rings. The van der Waals surface area contributed by atoms with E-state index in [9.17, 15) is 10.2 Å². The number of aromatic hydroxyl groups is 1. The van der Waals surface area contributed by atoms with Crippen molar-refractivity contribution in [2.45, 2.75) is 32.7 Å². The van der Waals surface area contributed by atoms with E-state index in [0.717, 1.165) is 11.1 Å². The van der Waals surface area contributed by atoms with E-state index in [1.54, 1.807) is 19.9 Å². The van der Waals surface area contributed by atoms with Gasteiger partial charge < -0.3 is 14.9 Å². The summed E-state index contributed by atoms with van der Waals surface area (Å²) < 4.78 is 5.24. The maximum Gasteiger partial charge on any atom is 0.122 e. The average molecular weight is 194 g/mol. The van der Waals surface area contributed by atoms with Crippen LogP contribution in [0.5, 0.6) is 5.75 Å². The van der Waals surface area contributed by atoms with Crippen LogP contribution in [0.4, 0.5) is 0 Å². The number of ether oxygens (including phenoxy) is 1. The van der Waals surface area contributed by atoms with Crippen molar-refractivity contribution < 1.29 is 14.9 Å². The molecule has 0 amide bonds. The van der Waals surface area contributed by atoms with Crippen molar-refractivity contribution >= 4 is 0 Å². The highest BCUT2D eigenvalue weighted by molar-refractivity contribution is 5.45. The maximum absolute atomic E-state index is 9.80. The zero-order valence-electron chi connectivity index (χ0n) is 8.37. The van der Waals surface area contributed by atoms with Gasteiger partial charge in [0.15, 0.2) is 0 Å². The first kappa shape index (κ1) is 9.49. The molecule has 3 heteroatoms. The molecular formula is C11H14O3. The molecule has 0 saturated carbocycles. The average Bonchev–Trinajstić information content (AvgIpc) is 2.47. The fourth-order valence-electron chi connectivity index (χ4n) is 1.71. The van der Waals surface area contributed by atoms with Crippen LogP contribution in [0, 0.1) is 0 Å². The van der Waals surface area contributed by atoms with Crippen LogP contribution >= 0.6 is 0 Å². The monoisotopic (exact) mass is 194 g/mol. The van der Waals surface area contributed by atoms with Gasteiger partial charge in [-0.2, -0.15) is 0 Å². The summed E-state index contributed by atoms with van der Waals surface area (Å²) in [6, 6.07) is 3.49. The van der Waals surface area contributed by atoms with E-state index in [1.807, 2.05) is 6.07 Å². The van der Waals surface area contributed by atoms with Crippen molar-refractivity contribution in [2.24, 2.45) is 0 Å². The van der Waals surface area contributed by atoms with Crippen LogP contribution in [-0.2, 0) is 23.6 Å². The number of phenolic OH excluding ortho intramolecular Hbond substituents is 1. The predicted molar refractivity (Wildman–Crippen MR) is 51.8 cm³/mol. The van der Waals surface area contributed by atoms with Crippen molar-refractivity contribution in [3.63, 3.8) is 0 Å². The molecule has 0 bridgehead atoms. The van der Waals surface area contributed by atoms with Crippen molar-refractivity contribution in [2.75, 3.05) is 0 Å². The number of aliphatic hydroxyl groups is 1. The summed E-state index contributed by atoms with van der Waals surface area (Å²) in [6.45, 7) is 4.43. The molecule has 14 heavy (non-hydrogen) atoms. The zero-order chi connectivity index (χ0) is 10.3. The SMILES string of the molecule is CC(C)(O)c1cc2c(cc1O)COC2. The van der Waals surface area contributed by atoms with Crippen LogP contribution in [0.15, 0.2) is 12.1 Å². The van der Waals surface area contributed by atoms with Crippen molar-refractivity contribution in [3.8, 4) is 5.75 Å². The molecule has 1 aromatic carbocycles. The highest BCUT2D eigenvalue weighted by atomic mass is 16.5. The Morgan fingerprint density at radius 1 is 1.21 bits per heavy atom. The predicted octanol–water partition coefficient (Wildman–Crippen LogP) is 1.65. The Balaban J connectivity index is 2.53. The van der Waals surface area contributed by atoms with E-state index in [4.69, 9.17) is 4.74 Å². The second kappa shape index (κ2) is 2.97. The minimum Gasteiger partial charge on any atom is -0.508 e. The molecule has 0 aliphatic carbocycles. The Bertz CT molecular complexity index is 364. The number of phenols is 1. The smallest absolute Gasteiger partial charge is 0.122 e. The van der Waals surface area contributed by atoms with Gasteiger partial charge in [-0.3, -0.25) is 0 Å². The third-order valence-electron chi connectivity index (χ3n) is 2.49. The van der Waals surface area contributed by atoms with E-state index in [-0.39, 0.29) is 5.75 Å². The Kier molecular flexibility index (Phi) is 2.01. The van der Waals surface area contributed by atoms with E-state index in [1.165, 1.54) is 0 Å². The molecule has 0 radical (unpaired) electrons. The lowest BCUT2D eigenvalue weighted by Gasteiger charge is -2.20. The van der Waals surface area contributed by atoms with Crippen molar-refractivity contribution in [3.05, 3.63) is 28.8 Å². The number of hydrogen-bond donors (Lipinski definition) is 2. The standard InChI is InChI=1S/C11H14O3/c1-11(2,13)9-3-7-5-14-6-8(7)4-10(9)12/h3-4,12-13H,5-6H2,1-2H3. The topological polar surface area (TPSA) is 49.7 Å². The van der Waals surface area contributed by atoms with E-state index < -0.39 is 5.60 Å². The lowest BCUT2D eigenvalue weighted by molar-refractivity contribution is 0.0757. The Morgan fingerprint density at radius 2 is 1.79 bits per heavy atom. The van der Waals surface area contributed by atoms with Crippen LogP contribution in [0.1, 0.15) is 30.5 Å². The molecule has 0 fully saturated rings. The quantitative estimate of drug-likeness (QED) is 0.714. The molecule has 1 heterocycles. The zero-order valence-corrected chi connectivity index (χ0v) is 8.37. The number of fused-ring (bicyclic) bond motifs is 1. The third kappa shape index (κ3) is 1.49. The molecule has 2 rings (SSSR count). The van der Waals surface area contributed by atoms with Crippen LogP contribution < -0.4 is 0 Å². The van der Waals surface area contributed by atoms with Crippen molar-refractivity contribution in [1.29, 1.82) is 0 Å². The summed E-state index contributed by atoms with van der Waals surface area (Å²) in [5.41, 5.74) is 1.61. The minimum absolute atomic E-state index is 0.141. The number of benzene rings is 1. The summed E-state index contributed by atoms with van der Waals surface area (Å²) in [7, 11) is 0. The van der Waals surface area contributed by atoms with Crippen LogP contribution in [0.2, 0.25) is 0 Å². The van der Waals surface area contributed by atoms with Gasteiger partial charge in [-0.25, -0.2) is 0 Å². The summed E-state index contributed by atoms with van der Waals surface area (Å²) >= 11 is 0. The minimum atomic E-state index is -1.01. The molecule has 0 spiro atoms. The highest BCUT2D eigenvalue weighted by Gasteiger charge is 2.23. The largest absolute Gasteiger partial charge is 0.508 e. The Labute approximate surface area is 83.0 Å². The molecule has 2 N–H and O–H groups in total. The van der Waals surface area contributed by atoms with Crippen LogP contribution in [0.25, 0.3) is 0 Å². The summed E-state index contributed by atoms with van der Waals surface area (Å²) in [5, 5.41) is 19.5. The summed E-state index contributed by atoms with van der Waals surface area (Å²) in [6.07, 6.45) is 0. The molecule has 0 unspecified atom stereocenters. The van der Waals surface area contributed by atoms with Gasteiger partial charge in [0.1, 0.15) is 5.75 Å². The molecule has 0 atom stereocenters. The van der Waals surface area contributed by atoms with E-state index >= 15 is 0 Å². The van der Waals surface area contributed by atoms with Gasteiger partial charge in [-0.1, -0.05) is 0 Å². The lowest BCUT2D eigenvalue weighted by atomic mass is 9.94. The fourth-order valence-corrected chi connectivity index (χ4v) is 1.71. The highest BCUT2D eigenvalue weighted by Crippen LogP contribution is 2.34. The number of rotatable bonds is 1. The van der Waals surface area contributed by atoms with Gasteiger partial charge in [-0.15, -0.1) is 0 Å². The maximum atomic E-state index is 9.80. The first-order valence-electron chi connectivity index (χ1n) is 4.64. The second-order valence-electron chi connectivity index (χ2n) is 4.19. The summed E-state index contributed by atoms with van der Waals surface area (Å²) in [4.78, 5) is 0. The van der Waals surface area contributed by atoms with E-state index in [2.05, 4.69) is 0 Å². The van der Waals surface area contributed by atoms with Crippen molar-refractivity contribution in [1.82, 2.24) is 0 Å². The van der Waals surface area contributed by atoms with Gasteiger partial charge in [-0.05, 0) is 37.1 Å². The first-order valence-corrected chi connectivity index (χ1v) is 4.64. The number of hydrogen-bond acceptors (Lipinski definition) is 3. The second-order valence-corrected chi connectivity index (χ2v) is 4.19. The van der Waals surface area contributed by atoms with Gasteiger partial charge >= 0.3 is 0 Å². The molecule has 76 valence electrons. The van der Waals surface area contributed by atoms with Gasteiger partial charge in [0.2, 0.25) is 0 Å². The van der Waals surface area contributed by atoms with Gasteiger partial charge in [0.25, 0.3) is 0 Å². The van der Waals surface area contributed by atoms with Gasteiger partial charge in [0, 0.05) is 5.56 Å². The third-order valence-corrected chi connectivity index (χ3v) is 2.49. The first-order chi connectivity index (χ1) is 6.48. The fraction of sp³-hybridized carbons (Fsp3) is 0.455. The molecule has 1 aliphatic heterocycles.